The lowest BCUT2D eigenvalue weighted by Gasteiger charge is -2.25. The smallest absolute Gasteiger partial charge is 0.00926 e. The summed E-state index contributed by atoms with van der Waals surface area (Å²) in [5, 5.41) is 3.70. The van der Waals surface area contributed by atoms with Crippen molar-refractivity contribution in [3.05, 3.63) is 0 Å². The van der Waals surface area contributed by atoms with Crippen LogP contribution >= 0.6 is 0 Å². The molecule has 1 saturated carbocycles. The maximum Gasteiger partial charge on any atom is 0.00926 e. The Hall–Kier alpha value is -0.0400. The predicted molar refractivity (Wildman–Crippen MR) is 63.5 cm³/mol. The van der Waals surface area contributed by atoms with Crippen LogP contribution < -0.4 is 5.32 Å². The molecule has 0 aliphatic heterocycles. The van der Waals surface area contributed by atoms with E-state index in [0.717, 1.165) is 17.9 Å². The van der Waals surface area contributed by atoms with E-state index >= 15 is 0 Å². The quantitative estimate of drug-likeness (QED) is 0.686. The van der Waals surface area contributed by atoms with Gasteiger partial charge in [-0.15, -0.1) is 0 Å². The molecule has 1 N–H and O–H groups in total. The lowest BCUT2D eigenvalue weighted by Crippen LogP contribution is -2.35. The van der Waals surface area contributed by atoms with E-state index in [1.165, 1.54) is 45.1 Å². The van der Waals surface area contributed by atoms with Gasteiger partial charge in [0.15, 0.2) is 0 Å². The molecule has 1 atom stereocenters. The van der Waals surface area contributed by atoms with Crippen LogP contribution in [0.25, 0.3) is 0 Å². The topological polar surface area (TPSA) is 12.0 Å². The molecule has 0 amide bonds. The Morgan fingerprint density at radius 3 is 2.36 bits per heavy atom. The van der Waals surface area contributed by atoms with E-state index < -0.39 is 0 Å². The number of rotatable bonds is 6. The van der Waals surface area contributed by atoms with Crippen LogP contribution in [0.1, 0.15) is 59.3 Å². The Balaban J connectivity index is 2.26. The monoisotopic (exact) mass is 197 g/mol. The van der Waals surface area contributed by atoms with Gasteiger partial charge in [0.25, 0.3) is 0 Å². The highest BCUT2D eigenvalue weighted by Crippen LogP contribution is 2.29. The van der Waals surface area contributed by atoms with Gasteiger partial charge in [-0.3, -0.25) is 0 Å². The highest BCUT2D eigenvalue weighted by molar-refractivity contribution is 4.77. The fraction of sp³-hybridized carbons (Fsp3) is 1.00. The fourth-order valence-corrected chi connectivity index (χ4v) is 2.53. The van der Waals surface area contributed by atoms with Crippen molar-refractivity contribution in [3.63, 3.8) is 0 Å². The lowest BCUT2D eigenvalue weighted by molar-refractivity contribution is 0.321. The van der Waals surface area contributed by atoms with Gasteiger partial charge < -0.3 is 5.32 Å². The predicted octanol–water partition coefficient (Wildman–Crippen LogP) is 3.59. The zero-order chi connectivity index (χ0) is 10.4. The van der Waals surface area contributed by atoms with E-state index in [9.17, 15) is 0 Å². The van der Waals surface area contributed by atoms with Crippen LogP contribution in [0.5, 0.6) is 0 Å². The number of hydrogen-bond acceptors (Lipinski definition) is 1. The van der Waals surface area contributed by atoms with E-state index in [1.54, 1.807) is 0 Å². The summed E-state index contributed by atoms with van der Waals surface area (Å²) in [5.41, 5.74) is 0. The summed E-state index contributed by atoms with van der Waals surface area (Å²) >= 11 is 0. The molecule has 84 valence electrons. The first kappa shape index (κ1) is 12.0. The highest BCUT2D eigenvalue weighted by atomic mass is 14.9. The molecule has 0 bridgehead atoms. The van der Waals surface area contributed by atoms with Crippen molar-refractivity contribution in [2.24, 2.45) is 11.8 Å². The second kappa shape index (κ2) is 6.44. The lowest BCUT2D eigenvalue weighted by atomic mass is 9.91. The van der Waals surface area contributed by atoms with E-state index in [2.05, 4.69) is 26.1 Å². The molecule has 1 fully saturated rings. The molecule has 0 spiro atoms. The van der Waals surface area contributed by atoms with Gasteiger partial charge in [0.1, 0.15) is 0 Å². The molecule has 14 heavy (non-hydrogen) atoms. The third-order valence-electron chi connectivity index (χ3n) is 3.52. The summed E-state index contributed by atoms with van der Waals surface area (Å²) in [4.78, 5) is 0. The van der Waals surface area contributed by atoms with Crippen LogP contribution in [0.15, 0.2) is 0 Å². The molecule has 0 aromatic rings. The van der Waals surface area contributed by atoms with Crippen LogP contribution in [0.4, 0.5) is 0 Å². The van der Waals surface area contributed by atoms with E-state index in [0.29, 0.717) is 0 Å². The SMILES string of the molecule is CCCNC(CC1CCCC1)C(C)C. The molecule has 0 saturated heterocycles. The summed E-state index contributed by atoms with van der Waals surface area (Å²) in [7, 11) is 0. The van der Waals surface area contributed by atoms with Gasteiger partial charge in [-0.25, -0.2) is 0 Å². The maximum absolute atomic E-state index is 3.70. The zero-order valence-corrected chi connectivity index (χ0v) is 10.2. The molecule has 1 aliphatic carbocycles. The van der Waals surface area contributed by atoms with Gasteiger partial charge in [0.2, 0.25) is 0 Å². The largest absolute Gasteiger partial charge is 0.314 e. The third-order valence-corrected chi connectivity index (χ3v) is 3.52. The van der Waals surface area contributed by atoms with Crippen molar-refractivity contribution in [1.29, 1.82) is 0 Å². The van der Waals surface area contributed by atoms with Crippen molar-refractivity contribution in [2.45, 2.75) is 65.3 Å². The van der Waals surface area contributed by atoms with Crippen molar-refractivity contribution < 1.29 is 0 Å². The second-order valence-electron chi connectivity index (χ2n) is 5.19. The minimum absolute atomic E-state index is 0.762. The summed E-state index contributed by atoms with van der Waals surface area (Å²) in [6.07, 6.45) is 8.59. The molecule has 1 aliphatic rings. The summed E-state index contributed by atoms with van der Waals surface area (Å²) in [6.45, 7) is 8.14. The molecule has 0 heterocycles. The Labute approximate surface area is 89.7 Å². The molecule has 0 radical (unpaired) electrons. The van der Waals surface area contributed by atoms with Gasteiger partial charge in [0, 0.05) is 6.04 Å². The molecule has 0 aromatic heterocycles. The van der Waals surface area contributed by atoms with Crippen LogP contribution in [-0.2, 0) is 0 Å². The minimum atomic E-state index is 0.762. The summed E-state index contributed by atoms with van der Waals surface area (Å²) in [6, 6.07) is 0.762. The molecule has 1 heteroatoms. The number of nitrogens with one attached hydrogen (secondary N) is 1. The highest BCUT2D eigenvalue weighted by Gasteiger charge is 2.21. The average Bonchev–Trinajstić information content (AvgIpc) is 2.64. The molecular formula is C13H27N. The van der Waals surface area contributed by atoms with E-state index in [1.807, 2.05) is 0 Å². The Morgan fingerprint density at radius 1 is 1.21 bits per heavy atom. The Morgan fingerprint density at radius 2 is 1.86 bits per heavy atom. The third kappa shape index (κ3) is 4.00. The van der Waals surface area contributed by atoms with Crippen molar-refractivity contribution >= 4 is 0 Å². The first-order chi connectivity index (χ1) is 6.74. The normalized spacial score (nSPS) is 20.6. The average molecular weight is 197 g/mol. The molecule has 1 unspecified atom stereocenters. The van der Waals surface area contributed by atoms with Gasteiger partial charge >= 0.3 is 0 Å². The zero-order valence-electron chi connectivity index (χ0n) is 10.2. The van der Waals surface area contributed by atoms with Crippen molar-refractivity contribution in [1.82, 2.24) is 5.32 Å². The Kier molecular flexibility index (Phi) is 5.54. The second-order valence-corrected chi connectivity index (χ2v) is 5.19. The van der Waals surface area contributed by atoms with Gasteiger partial charge in [-0.1, -0.05) is 46.5 Å². The van der Waals surface area contributed by atoms with Crippen molar-refractivity contribution in [3.8, 4) is 0 Å². The van der Waals surface area contributed by atoms with E-state index in [4.69, 9.17) is 0 Å². The first-order valence-corrected chi connectivity index (χ1v) is 6.47. The molecule has 0 aromatic carbocycles. The van der Waals surface area contributed by atoms with E-state index in [-0.39, 0.29) is 0 Å². The first-order valence-electron chi connectivity index (χ1n) is 6.47. The van der Waals surface area contributed by atoms with Crippen molar-refractivity contribution in [2.75, 3.05) is 6.54 Å². The Bertz CT molecular complexity index is 136. The van der Waals surface area contributed by atoms with Gasteiger partial charge in [-0.2, -0.15) is 0 Å². The summed E-state index contributed by atoms with van der Waals surface area (Å²) < 4.78 is 0. The minimum Gasteiger partial charge on any atom is -0.314 e. The molecular weight excluding hydrogens is 170 g/mol. The van der Waals surface area contributed by atoms with Gasteiger partial charge in [-0.05, 0) is 31.2 Å². The molecule has 1 nitrogen and oxygen atoms in total. The number of hydrogen-bond donors (Lipinski definition) is 1. The maximum atomic E-state index is 3.70. The summed E-state index contributed by atoms with van der Waals surface area (Å²) in [5.74, 6) is 1.81. The van der Waals surface area contributed by atoms with Gasteiger partial charge in [0.05, 0.1) is 0 Å². The van der Waals surface area contributed by atoms with Crippen LogP contribution in [-0.4, -0.2) is 12.6 Å². The van der Waals surface area contributed by atoms with Crippen LogP contribution in [0.3, 0.4) is 0 Å². The fourth-order valence-electron chi connectivity index (χ4n) is 2.53. The standard InChI is InChI=1S/C13H27N/c1-4-9-14-13(11(2)3)10-12-7-5-6-8-12/h11-14H,4-10H2,1-3H3. The molecule has 1 rings (SSSR count). The van der Waals surface area contributed by atoms with Crippen LogP contribution in [0, 0.1) is 11.8 Å². The van der Waals surface area contributed by atoms with Crippen LogP contribution in [0.2, 0.25) is 0 Å².